The van der Waals surface area contributed by atoms with E-state index >= 15 is 0 Å². The lowest BCUT2D eigenvalue weighted by molar-refractivity contribution is -0.116. The van der Waals surface area contributed by atoms with Crippen LogP contribution in [0.25, 0.3) is 6.08 Å². The second-order valence-electron chi connectivity index (χ2n) is 14.0. The van der Waals surface area contributed by atoms with Crippen molar-refractivity contribution in [1.29, 1.82) is 5.26 Å². The van der Waals surface area contributed by atoms with Crippen molar-refractivity contribution >= 4 is 80.8 Å². The molecule has 1 heterocycles. The minimum absolute atomic E-state index is 0.0339. The molecule has 7 nitrogen and oxygen atoms in total. The maximum absolute atomic E-state index is 14.1. The molecule has 6 rings (SSSR count). The first-order valence-corrected chi connectivity index (χ1v) is 19.9. The summed E-state index contributed by atoms with van der Waals surface area (Å²) < 4.78 is 0. The summed E-state index contributed by atoms with van der Waals surface area (Å²) in [5.74, 6) is -0.801. The van der Waals surface area contributed by atoms with Crippen molar-refractivity contribution in [2.24, 2.45) is 11.3 Å². The molecule has 2 unspecified atom stereocenters. The summed E-state index contributed by atoms with van der Waals surface area (Å²) in [6.07, 6.45) is 4.21. The molecule has 11 heteroatoms. The summed E-state index contributed by atoms with van der Waals surface area (Å²) >= 11 is 15.4. The Hall–Kier alpha value is -4.85. The van der Waals surface area contributed by atoms with E-state index < -0.39 is 17.1 Å². The largest absolute Gasteiger partial charge is 0.321 e. The summed E-state index contributed by atoms with van der Waals surface area (Å²) in [5, 5.41) is 19.6. The van der Waals surface area contributed by atoms with Crippen LogP contribution < -0.4 is 16.0 Å². The van der Waals surface area contributed by atoms with Gasteiger partial charge in [-0.25, -0.2) is 0 Å². The van der Waals surface area contributed by atoms with Crippen LogP contribution in [0.4, 0.5) is 10.7 Å². The van der Waals surface area contributed by atoms with E-state index in [1.165, 1.54) is 34.1 Å². The minimum Gasteiger partial charge on any atom is -0.321 e. The van der Waals surface area contributed by atoms with Gasteiger partial charge in [-0.1, -0.05) is 105 Å². The van der Waals surface area contributed by atoms with Crippen LogP contribution in [-0.2, 0) is 22.4 Å². The average molecular weight is 794 g/mol. The number of carbonyl (C=O) groups excluding carboxylic acids is 3. The monoisotopic (exact) mass is 792 g/mol. The number of hydrogen-bond donors (Lipinski definition) is 3. The van der Waals surface area contributed by atoms with Gasteiger partial charge in [0.15, 0.2) is 0 Å². The molecule has 274 valence electrons. The van der Waals surface area contributed by atoms with Gasteiger partial charge in [-0.05, 0) is 95.8 Å². The number of thioether (sulfide) groups is 1. The van der Waals surface area contributed by atoms with Gasteiger partial charge in [0.25, 0.3) is 11.8 Å². The van der Waals surface area contributed by atoms with Gasteiger partial charge in [-0.15, -0.1) is 23.1 Å². The van der Waals surface area contributed by atoms with Crippen molar-refractivity contribution in [3.63, 3.8) is 0 Å². The zero-order valence-corrected chi connectivity index (χ0v) is 33.1. The van der Waals surface area contributed by atoms with Crippen molar-refractivity contribution < 1.29 is 14.4 Å². The molecule has 1 aliphatic carbocycles. The highest BCUT2D eigenvalue weighted by Crippen LogP contribution is 2.45. The Morgan fingerprint density at radius 2 is 1.65 bits per heavy atom. The molecule has 1 aliphatic rings. The van der Waals surface area contributed by atoms with Crippen LogP contribution in [0, 0.1) is 22.7 Å². The molecule has 54 heavy (non-hydrogen) atoms. The summed E-state index contributed by atoms with van der Waals surface area (Å²) in [6, 6.07) is 32.4. The Morgan fingerprint density at radius 1 is 0.926 bits per heavy atom. The smallest absolute Gasteiger partial charge is 0.272 e. The fourth-order valence-electron chi connectivity index (χ4n) is 6.31. The van der Waals surface area contributed by atoms with Gasteiger partial charge >= 0.3 is 0 Å². The zero-order valence-electron chi connectivity index (χ0n) is 29.9. The molecule has 0 fully saturated rings. The third kappa shape index (κ3) is 9.44. The predicted octanol–water partition coefficient (Wildman–Crippen LogP) is 11.0. The number of fused-ring (bicyclic) bond motifs is 1. The van der Waals surface area contributed by atoms with E-state index in [2.05, 4.69) is 42.8 Å². The standard InChI is InChI=1S/C43H38Cl2N4O3S2/c1-43(2,3)29-18-20-33-34(25-46)42(54-37(33)22-29)49-41(52)38(26-11-6-4-7-12-26)53-32-16-10-15-31(24-32)47-40(51)36(21-28-17-19-30(44)23-35(28)45)48-39(50)27-13-8-5-9-14-27/h4-17,19,21,23-24,29,38H,18,20,22H2,1-3H3,(H,47,51)(H,48,50)(H,49,52)/b36-21+. The Morgan fingerprint density at radius 3 is 2.33 bits per heavy atom. The summed E-state index contributed by atoms with van der Waals surface area (Å²) in [5.41, 5.74) is 3.83. The molecule has 0 aliphatic heterocycles. The van der Waals surface area contributed by atoms with E-state index in [-0.39, 0.29) is 17.0 Å². The molecule has 3 amide bonds. The number of hydrogen-bond acceptors (Lipinski definition) is 6. The first-order valence-electron chi connectivity index (χ1n) is 17.4. The maximum Gasteiger partial charge on any atom is 0.272 e. The molecular weight excluding hydrogens is 756 g/mol. The molecule has 2 atom stereocenters. The molecule has 0 saturated heterocycles. The van der Waals surface area contributed by atoms with Gasteiger partial charge in [-0.2, -0.15) is 5.26 Å². The van der Waals surface area contributed by atoms with Gasteiger partial charge in [0.2, 0.25) is 5.91 Å². The van der Waals surface area contributed by atoms with Crippen molar-refractivity contribution in [2.75, 3.05) is 10.6 Å². The van der Waals surface area contributed by atoms with Crippen LogP contribution in [0.5, 0.6) is 0 Å². The highest BCUT2D eigenvalue weighted by atomic mass is 35.5. The van der Waals surface area contributed by atoms with E-state index in [0.717, 1.165) is 35.3 Å². The third-order valence-electron chi connectivity index (χ3n) is 9.32. The lowest BCUT2D eigenvalue weighted by Gasteiger charge is -2.33. The van der Waals surface area contributed by atoms with Gasteiger partial charge in [0.1, 0.15) is 22.0 Å². The number of thiophene rings is 1. The number of rotatable bonds is 10. The van der Waals surface area contributed by atoms with E-state index in [9.17, 15) is 19.6 Å². The van der Waals surface area contributed by atoms with Gasteiger partial charge in [0, 0.05) is 31.1 Å². The zero-order chi connectivity index (χ0) is 38.4. The van der Waals surface area contributed by atoms with Gasteiger partial charge in [0.05, 0.1) is 5.56 Å². The molecule has 3 N–H and O–H groups in total. The van der Waals surface area contributed by atoms with Crippen LogP contribution >= 0.6 is 46.3 Å². The van der Waals surface area contributed by atoms with Crippen molar-refractivity contribution in [2.45, 2.75) is 50.2 Å². The van der Waals surface area contributed by atoms with Crippen LogP contribution in [-0.4, -0.2) is 17.7 Å². The molecule has 0 bridgehead atoms. The summed E-state index contributed by atoms with van der Waals surface area (Å²) in [6.45, 7) is 6.76. The maximum atomic E-state index is 14.1. The van der Waals surface area contributed by atoms with Gasteiger partial charge < -0.3 is 16.0 Å². The minimum atomic E-state index is -0.669. The lowest BCUT2D eigenvalue weighted by Crippen LogP contribution is -2.30. The highest BCUT2D eigenvalue weighted by Gasteiger charge is 2.33. The molecule has 0 spiro atoms. The third-order valence-corrected chi connectivity index (χ3v) is 12.3. The van der Waals surface area contributed by atoms with E-state index in [1.807, 2.05) is 36.4 Å². The number of amides is 3. The van der Waals surface area contributed by atoms with Crippen LogP contribution in [0.2, 0.25) is 10.0 Å². The molecule has 0 saturated carbocycles. The first kappa shape index (κ1) is 38.9. The second kappa shape index (κ2) is 17.1. The Balaban J connectivity index is 1.24. The molecule has 4 aromatic carbocycles. The molecule has 5 aromatic rings. The van der Waals surface area contributed by atoms with E-state index in [1.54, 1.807) is 66.7 Å². The summed E-state index contributed by atoms with van der Waals surface area (Å²) in [7, 11) is 0. The Kier molecular flexibility index (Phi) is 12.3. The number of benzene rings is 4. The number of nitrogens with zero attached hydrogens (tertiary/aromatic N) is 1. The number of anilines is 2. The Labute approximate surface area is 333 Å². The fourth-order valence-corrected chi connectivity index (χ4v) is 9.14. The molecule has 0 radical (unpaired) electrons. The van der Waals surface area contributed by atoms with Crippen LogP contribution in [0.3, 0.4) is 0 Å². The Bertz CT molecular complexity index is 2260. The van der Waals surface area contributed by atoms with Crippen molar-refractivity contribution in [3.8, 4) is 6.07 Å². The number of halogens is 2. The van der Waals surface area contributed by atoms with E-state index in [4.69, 9.17) is 23.2 Å². The van der Waals surface area contributed by atoms with Crippen molar-refractivity contribution in [3.05, 3.63) is 152 Å². The molecule has 1 aromatic heterocycles. The van der Waals surface area contributed by atoms with E-state index in [0.29, 0.717) is 43.3 Å². The topological polar surface area (TPSA) is 111 Å². The van der Waals surface area contributed by atoms with Gasteiger partial charge in [-0.3, -0.25) is 14.4 Å². The highest BCUT2D eigenvalue weighted by molar-refractivity contribution is 8.00. The predicted molar refractivity (Wildman–Crippen MR) is 221 cm³/mol. The number of carbonyl (C=O) groups is 3. The number of nitriles is 1. The quantitative estimate of drug-likeness (QED) is 0.0963. The van der Waals surface area contributed by atoms with Crippen LogP contribution in [0.15, 0.2) is 114 Å². The number of nitrogens with one attached hydrogen (secondary N) is 3. The normalized spacial score (nSPS) is 14.7. The van der Waals surface area contributed by atoms with Crippen molar-refractivity contribution in [1.82, 2.24) is 5.32 Å². The SMILES string of the molecule is CC(C)(C)C1CCc2c(sc(NC(=O)C(Sc3cccc(NC(=O)/C(=C\c4ccc(Cl)cc4Cl)NC(=O)c4ccccc4)c3)c3ccccc3)c2C#N)C1. The fraction of sp³-hybridized carbons (Fsp3) is 0.209. The summed E-state index contributed by atoms with van der Waals surface area (Å²) in [4.78, 5) is 43.0. The first-order chi connectivity index (χ1) is 25.9. The molecular formula is C43H38Cl2N4O3S2. The lowest BCUT2D eigenvalue weighted by atomic mass is 9.72. The van der Waals surface area contributed by atoms with Crippen LogP contribution in [0.1, 0.15) is 69.9 Å². The average Bonchev–Trinajstić information content (AvgIpc) is 3.51. The second-order valence-corrected chi connectivity index (χ2v) is 17.2.